The quantitative estimate of drug-likeness (QED) is 0.0125. The van der Waals surface area contributed by atoms with Gasteiger partial charge in [-0.25, -0.2) is 14.3 Å². The van der Waals surface area contributed by atoms with Crippen LogP contribution in [0.3, 0.4) is 0 Å². The van der Waals surface area contributed by atoms with Crippen LogP contribution in [0.25, 0.3) is 0 Å². The predicted molar refractivity (Wildman–Crippen MR) is 258 cm³/mol. The second-order valence-electron chi connectivity index (χ2n) is 17.8. The number of hydrogen-bond donors (Lipinski definition) is 8. The topological polar surface area (TPSA) is 351 Å². The van der Waals surface area contributed by atoms with E-state index in [1.807, 2.05) is 13.8 Å². The van der Waals surface area contributed by atoms with Crippen LogP contribution < -0.4 is 41.2 Å². The zero-order valence-electron chi connectivity index (χ0n) is 41.0. The largest absolute Gasteiger partial charge is 0.469 e. The van der Waals surface area contributed by atoms with Gasteiger partial charge < -0.3 is 70.4 Å². The molecule has 3 heterocycles. The summed E-state index contributed by atoms with van der Waals surface area (Å²) in [7, 11) is -5.14. The van der Waals surface area contributed by atoms with Crippen molar-refractivity contribution in [1.82, 2.24) is 35.7 Å². The van der Waals surface area contributed by atoms with E-state index in [0.29, 0.717) is 73.9 Å². The summed E-state index contributed by atoms with van der Waals surface area (Å²) in [4.78, 5) is 122. The van der Waals surface area contributed by atoms with E-state index in [9.17, 15) is 53.0 Å². The van der Waals surface area contributed by atoms with E-state index >= 15 is 0 Å². The van der Waals surface area contributed by atoms with Crippen LogP contribution in [0, 0.1) is 5.92 Å². The zero-order valence-corrected chi connectivity index (χ0v) is 41.9. The number of oxime groups is 1. The van der Waals surface area contributed by atoms with Gasteiger partial charge in [0.2, 0.25) is 42.2 Å². The van der Waals surface area contributed by atoms with E-state index in [0.717, 1.165) is 25.3 Å². The van der Waals surface area contributed by atoms with Crippen LogP contribution in [0.4, 0.5) is 0 Å². The van der Waals surface area contributed by atoms with Gasteiger partial charge >= 0.3 is 13.8 Å². The Morgan fingerprint density at radius 2 is 1.59 bits per heavy atom. The molecule has 25 nitrogen and oxygen atoms in total. The summed E-state index contributed by atoms with van der Waals surface area (Å²) in [6.45, 7) is 6.35. The minimum Gasteiger partial charge on any atom is -0.454 e. The summed E-state index contributed by atoms with van der Waals surface area (Å²) in [5, 5.41) is 24.2. The van der Waals surface area contributed by atoms with Gasteiger partial charge in [0, 0.05) is 38.3 Å². The highest BCUT2D eigenvalue weighted by Crippen LogP contribution is 2.38. The molecule has 2 aliphatic rings. The number of phosphoric acid groups is 1. The van der Waals surface area contributed by atoms with E-state index in [-0.39, 0.29) is 31.5 Å². The van der Waals surface area contributed by atoms with Crippen molar-refractivity contribution >= 4 is 55.4 Å². The number of carbonyl (C=O) groups is 7. The molecule has 2 aromatic carbocycles. The Bertz CT molecular complexity index is 2480. The maximum atomic E-state index is 14.1. The smallest absolute Gasteiger partial charge is 0.454 e. The number of aliphatic hydroxyl groups is 1. The van der Waals surface area contributed by atoms with Crippen molar-refractivity contribution in [1.29, 1.82) is 0 Å². The van der Waals surface area contributed by atoms with Gasteiger partial charge in [-0.2, -0.15) is 0 Å². The fourth-order valence-corrected chi connectivity index (χ4v) is 8.53. The molecule has 1 aromatic heterocycles. The minimum atomic E-state index is -5.14. The molecule has 1 fully saturated rings. The molecule has 2 aliphatic heterocycles. The molecule has 0 aliphatic carbocycles. The molecule has 26 heteroatoms. The van der Waals surface area contributed by atoms with Crippen LogP contribution in [0.15, 0.2) is 60.1 Å². The minimum absolute atomic E-state index is 0.0926. The van der Waals surface area contributed by atoms with Crippen molar-refractivity contribution in [2.75, 3.05) is 26.6 Å². The number of fused-ring (bicyclic) bond motifs is 1. The molecule has 5 rings (SSSR count). The van der Waals surface area contributed by atoms with E-state index in [2.05, 4.69) is 35.9 Å². The Kier molecular flexibility index (Phi) is 21.3. The molecule has 0 unspecified atom stereocenters. The summed E-state index contributed by atoms with van der Waals surface area (Å²) in [5.41, 5.74) is 6.90. The number of carbonyl (C=O) groups excluding carboxylic acids is 7. The Labute approximate surface area is 421 Å². The van der Waals surface area contributed by atoms with Crippen molar-refractivity contribution in [3.05, 3.63) is 71.8 Å². The molecular weight excluding hydrogens is 978 g/mol. The lowest BCUT2D eigenvalue weighted by Crippen LogP contribution is -2.61. The van der Waals surface area contributed by atoms with Gasteiger partial charge in [0.15, 0.2) is 11.5 Å². The SMILES string of the molecule is CC(=O)N1CCC[C@H]1C(=O)N[C@@H](CC(C)C)C(=O)N[C@@H](Cc1cncn1CCCCCCO/N=C/c1ccc(OC(=O)c2ccc3c(c2)OCO3)cc1)C(=O)N[C@@H](CO)C(=O)N[C@H](C(N)=O)[C@@H](C)OP(=O)(O)O. The van der Waals surface area contributed by atoms with Crippen molar-refractivity contribution < 1.29 is 76.6 Å². The zero-order chi connectivity index (χ0) is 53.2. The first-order valence-electron chi connectivity index (χ1n) is 23.7. The van der Waals surface area contributed by atoms with Crippen molar-refractivity contribution in [2.45, 2.75) is 122 Å². The molecule has 398 valence electrons. The predicted octanol–water partition coefficient (Wildman–Crippen LogP) is 0.956. The number of imidazole rings is 1. The monoisotopic (exact) mass is 1040 g/mol. The second kappa shape index (κ2) is 27.2. The number of phosphoric ester groups is 1. The molecule has 73 heavy (non-hydrogen) atoms. The van der Waals surface area contributed by atoms with E-state index < -0.39 is 86.2 Å². The third-order valence-corrected chi connectivity index (χ3v) is 12.3. The standard InChI is InChI=1S/C47H64N9O16P/c1-28(2)20-35(52-46(63)38-10-9-18-56(38)30(4)58)43(60)51-36(44(61)53-37(25-57)45(62)54-41(42(48)59)29(3)72-73(65,66)67)22-33-24-49-26-55(33)17-7-5-6-8-19-70-50-23-31-11-14-34(15-12-31)71-47(64)32-13-16-39-40(21-32)69-27-68-39/h11-16,21,23-24,26,28-29,35-38,41,57H,5-10,17-20,22,25,27H2,1-4H3,(H2,48,59)(H,51,60)(H,52,63)(H,53,61)(H,54,62)(H2,65,66,67)/b50-23+/t29-,35+,36+,37+,38+,41+/m1/s1. The van der Waals surface area contributed by atoms with Gasteiger partial charge in [0.05, 0.1) is 30.8 Å². The lowest BCUT2D eigenvalue weighted by molar-refractivity contribution is -0.139. The van der Waals surface area contributed by atoms with Crippen LogP contribution in [0.5, 0.6) is 17.2 Å². The van der Waals surface area contributed by atoms with Crippen molar-refractivity contribution in [2.24, 2.45) is 16.8 Å². The Hall–Kier alpha value is -6.92. The number of ether oxygens (including phenoxy) is 3. The Morgan fingerprint density at radius 1 is 0.904 bits per heavy atom. The first-order chi connectivity index (χ1) is 34.7. The number of likely N-dealkylation sites (tertiary alicyclic amines) is 1. The van der Waals surface area contributed by atoms with Crippen molar-refractivity contribution in [3.63, 3.8) is 0 Å². The van der Waals surface area contributed by atoms with Crippen LogP contribution >= 0.6 is 7.82 Å². The lowest BCUT2D eigenvalue weighted by Gasteiger charge is -2.28. The number of esters is 1. The van der Waals surface area contributed by atoms with E-state index in [1.165, 1.54) is 24.2 Å². The number of aliphatic hydroxyl groups excluding tert-OH is 1. The number of aryl methyl sites for hydroxylation is 1. The molecular formula is C47H64N9O16P. The summed E-state index contributed by atoms with van der Waals surface area (Å²) < 4.78 is 33.8. The average Bonchev–Trinajstić information content (AvgIpc) is 4.13. The van der Waals surface area contributed by atoms with Gasteiger partial charge in [-0.15, -0.1) is 0 Å². The lowest BCUT2D eigenvalue weighted by atomic mass is 10.0. The van der Waals surface area contributed by atoms with Crippen LogP contribution in [-0.4, -0.2) is 140 Å². The molecule has 3 aromatic rings. The van der Waals surface area contributed by atoms with Crippen LogP contribution in [0.1, 0.15) is 94.3 Å². The van der Waals surface area contributed by atoms with Gasteiger partial charge in [0.1, 0.15) is 42.6 Å². The summed E-state index contributed by atoms with van der Waals surface area (Å²) in [6.07, 6.45) is 6.84. The molecule has 0 radical (unpaired) electrons. The summed E-state index contributed by atoms with van der Waals surface area (Å²) in [6, 6.07) is 4.56. The Balaban J connectivity index is 1.16. The molecule has 6 amide bonds. The van der Waals surface area contributed by atoms with E-state index in [1.54, 1.807) is 53.4 Å². The number of amides is 6. The molecule has 6 atom stereocenters. The number of hydrogen-bond acceptors (Lipinski definition) is 16. The first kappa shape index (κ1) is 57.0. The maximum Gasteiger partial charge on any atom is 0.469 e. The number of nitrogens with zero attached hydrogens (tertiary/aromatic N) is 4. The highest BCUT2D eigenvalue weighted by molar-refractivity contribution is 7.46. The van der Waals surface area contributed by atoms with Gasteiger partial charge in [0.25, 0.3) is 0 Å². The third-order valence-electron chi connectivity index (χ3n) is 11.7. The first-order valence-corrected chi connectivity index (χ1v) is 25.2. The normalized spacial score (nSPS) is 16.3. The number of benzene rings is 2. The summed E-state index contributed by atoms with van der Waals surface area (Å²) in [5.74, 6) is -4.22. The van der Waals surface area contributed by atoms with Gasteiger partial charge in [-0.1, -0.05) is 25.4 Å². The van der Waals surface area contributed by atoms with Gasteiger partial charge in [-0.3, -0.25) is 33.3 Å². The number of rotatable bonds is 28. The van der Waals surface area contributed by atoms with Crippen molar-refractivity contribution in [3.8, 4) is 17.2 Å². The molecule has 0 saturated carbocycles. The highest BCUT2D eigenvalue weighted by Gasteiger charge is 2.37. The van der Waals surface area contributed by atoms with Crippen LogP contribution in [0.2, 0.25) is 0 Å². The number of aromatic nitrogens is 2. The van der Waals surface area contributed by atoms with Gasteiger partial charge in [-0.05, 0) is 99.4 Å². The number of unbranched alkanes of at least 4 members (excludes halogenated alkanes) is 3. The maximum absolute atomic E-state index is 14.1. The molecule has 9 N–H and O–H groups in total. The third kappa shape index (κ3) is 17.7. The van der Waals surface area contributed by atoms with E-state index in [4.69, 9.17) is 24.8 Å². The highest BCUT2D eigenvalue weighted by atomic mass is 31.2. The average molecular weight is 1040 g/mol. The second-order valence-corrected chi connectivity index (χ2v) is 19.0. The number of primary amides is 1. The fraction of sp³-hybridized carbons (Fsp3) is 0.511. The summed E-state index contributed by atoms with van der Waals surface area (Å²) >= 11 is 0. The number of nitrogens with one attached hydrogen (secondary N) is 4. The molecule has 0 spiro atoms. The Morgan fingerprint density at radius 3 is 2.27 bits per heavy atom. The molecule has 1 saturated heterocycles. The fourth-order valence-electron chi connectivity index (χ4n) is 7.98. The molecule has 0 bridgehead atoms. The van der Waals surface area contributed by atoms with Crippen LogP contribution in [-0.2, 0) is 55.7 Å². The number of nitrogens with two attached hydrogens (primary N) is 1.